The molecule has 0 aliphatic heterocycles. The van der Waals surface area contributed by atoms with Crippen molar-refractivity contribution < 1.29 is 26.4 Å². The van der Waals surface area contributed by atoms with E-state index in [4.69, 9.17) is 0 Å². The lowest BCUT2D eigenvalue weighted by Crippen LogP contribution is -2.23. The molecule has 0 radical (unpaired) electrons. The van der Waals surface area contributed by atoms with Crippen LogP contribution in [-0.2, 0) is 9.84 Å². The summed E-state index contributed by atoms with van der Waals surface area (Å²) in [6.07, 6.45) is 0. The van der Waals surface area contributed by atoms with Crippen molar-refractivity contribution in [2.45, 2.75) is 10.4 Å². The number of anilines is 1. The van der Waals surface area contributed by atoms with Crippen molar-refractivity contribution in [3.05, 3.63) is 59.5 Å². The zero-order valence-electron chi connectivity index (χ0n) is 13.3. The number of carbonyl (C=O) groups excluding carboxylic acids is 1. The SMILES string of the molecule is O=C(Nc1ccc(-c2csnn2)cc1)c1ccc(S(=O)(=O)C(F)(F)F)cc1. The maximum absolute atomic E-state index is 12.5. The van der Waals surface area contributed by atoms with Crippen LogP contribution >= 0.6 is 11.5 Å². The van der Waals surface area contributed by atoms with E-state index in [1.54, 1.807) is 29.6 Å². The van der Waals surface area contributed by atoms with Gasteiger partial charge in [-0.1, -0.05) is 16.6 Å². The molecule has 0 saturated heterocycles. The van der Waals surface area contributed by atoms with Crippen molar-refractivity contribution in [2.24, 2.45) is 0 Å². The van der Waals surface area contributed by atoms with Crippen LogP contribution < -0.4 is 5.32 Å². The molecule has 3 rings (SSSR count). The number of rotatable bonds is 4. The molecule has 3 aromatic rings. The van der Waals surface area contributed by atoms with E-state index in [9.17, 15) is 26.4 Å². The van der Waals surface area contributed by atoms with Crippen LogP contribution in [0.5, 0.6) is 0 Å². The number of sulfone groups is 1. The molecule has 0 saturated carbocycles. The molecule has 0 unspecified atom stereocenters. The zero-order chi connectivity index (χ0) is 19.7. The molecule has 1 N–H and O–H groups in total. The molecule has 0 fully saturated rings. The predicted molar refractivity (Wildman–Crippen MR) is 93.0 cm³/mol. The number of hydrogen-bond donors (Lipinski definition) is 1. The Balaban J connectivity index is 1.73. The van der Waals surface area contributed by atoms with Gasteiger partial charge in [-0.25, -0.2) is 8.42 Å². The van der Waals surface area contributed by atoms with Gasteiger partial charge in [0.25, 0.3) is 15.7 Å². The third kappa shape index (κ3) is 3.98. The summed E-state index contributed by atoms with van der Waals surface area (Å²) in [5.41, 5.74) is -3.42. The van der Waals surface area contributed by atoms with Crippen molar-refractivity contribution in [1.29, 1.82) is 0 Å². The zero-order valence-corrected chi connectivity index (χ0v) is 14.9. The standard InChI is InChI=1S/C16H10F3N3O3S2/c17-16(18,19)27(24,25)13-7-3-11(4-8-13)15(23)20-12-5-1-10(2-6-12)14-9-26-22-21-14/h1-9H,(H,20,23). The largest absolute Gasteiger partial charge is 0.501 e. The van der Waals surface area contributed by atoms with Gasteiger partial charge in [-0.3, -0.25) is 4.79 Å². The predicted octanol–water partition coefficient (Wildman–Crippen LogP) is 3.75. The number of carbonyl (C=O) groups is 1. The van der Waals surface area contributed by atoms with Gasteiger partial charge in [0.1, 0.15) is 5.69 Å². The van der Waals surface area contributed by atoms with Gasteiger partial charge in [0, 0.05) is 22.2 Å². The minimum Gasteiger partial charge on any atom is -0.322 e. The fraction of sp³-hybridized carbons (Fsp3) is 0.0625. The normalized spacial score (nSPS) is 12.0. The minimum atomic E-state index is -5.45. The quantitative estimate of drug-likeness (QED) is 0.704. The molecule has 140 valence electrons. The molecular formula is C16H10F3N3O3S2. The van der Waals surface area contributed by atoms with Crippen LogP contribution in [0, 0.1) is 0 Å². The number of halogens is 3. The van der Waals surface area contributed by atoms with Crippen LogP contribution in [-0.4, -0.2) is 29.4 Å². The smallest absolute Gasteiger partial charge is 0.322 e. The summed E-state index contributed by atoms with van der Waals surface area (Å²) in [5.74, 6) is -0.589. The van der Waals surface area contributed by atoms with Crippen LogP contribution in [0.25, 0.3) is 11.3 Å². The topological polar surface area (TPSA) is 89.0 Å². The first-order valence-electron chi connectivity index (χ1n) is 7.29. The number of alkyl halides is 3. The average Bonchev–Trinajstić information content (AvgIpc) is 3.16. The highest BCUT2D eigenvalue weighted by molar-refractivity contribution is 7.92. The van der Waals surface area contributed by atoms with E-state index < -0.39 is 26.1 Å². The summed E-state index contributed by atoms with van der Waals surface area (Å²) in [6.45, 7) is 0. The molecule has 1 amide bonds. The number of aromatic nitrogens is 2. The monoisotopic (exact) mass is 413 g/mol. The molecule has 27 heavy (non-hydrogen) atoms. The number of nitrogens with one attached hydrogen (secondary N) is 1. The van der Waals surface area contributed by atoms with Gasteiger partial charge in [0.2, 0.25) is 0 Å². The Labute approximate surface area is 155 Å². The Hall–Kier alpha value is -2.79. The fourth-order valence-electron chi connectivity index (χ4n) is 2.14. The summed E-state index contributed by atoms with van der Waals surface area (Å²) in [5, 5.41) is 8.27. The first-order valence-corrected chi connectivity index (χ1v) is 9.61. The Bertz CT molecular complexity index is 1050. The third-order valence-corrected chi connectivity index (χ3v) is 5.54. The highest BCUT2D eigenvalue weighted by Crippen LogP contribution is 2.30. The molecule has 1 aromatic heterocycles. The van der Waals surface area contributed by atoms with Crippen molar-refractivity contribution in [1.82, 2.24) is 9.59 Å². The second kappa shape index (κ2) is 7.08. The van der Waals surface area contributed by atoms with E-state index in [2.05, 4.69) is 14.9 Å². The van der Waals surface area contributed by atoms with E-state index in [1.165, 1.54) is 11.5 Å². The van der Waals surface area contributed by atoms with Crippen LogP contribution in [0.3, 0.4) is 0 Å². The summed E-state index contributed by atoms with van der Waals surface area (Å²) in [7, 11) is -5.45. The van der Waals surface area contributed by atoms with Crippen molar-refractivity contribution in [3.8, 4) is 11.3 Å². The Morgan fingerprint density at radius 3 is 2.15 bits per heavy atom. The second-order valence-corrected chi connectivity index (χ2v) is 7.85. The summed E-state index contributed by atoms with van der Waals surface area (Å²) < 4.78 is 64.0. The Morgan fingerprint density at radius 1 is 1.00 bits per heavy atom. The van der Waals surface area contributed by atoms with E-state index in [-0.39, 0.29) is 5.56 Å². The van der Waals surface area contributed by atoms with Gasteiger partial charge in [-0.2, -0.15) is 13.2 Å². The lowest BCUT2D eigenvalue weighted by Gasteiger charge is -2.09. The molecule has 0 aliphatic rings. The Kier molecular flexibility index (Phi) is 4.98. The number of benzene rings is 2. The van der Waals surface area contributed by atoms with Gasteiger partial charge in [-0.05, 0) is 47.9 Å². The van der Waals surface area contributed by atoms with E-state index in [1.807, 2.05) is 0 Å². The molecule has 6 nitrogen and oxygen atoms in total. The summed E-state index contributed by atoms with van der Waals surface area (Å²) in [6, 6.07) is 10.2. The van der Waals surface area contributed by atoms with Gasteiger partial charge in [0.05, 0.1) is 4.90 Å². The molecule has 1 heterocycles. The van der Waals surface area contributed by atoms with Crippen LogP contribution in [0.4, 0.5) is 18.9 Å². The molecule has 0 spiro atoms. The number of nitrogens with zero attached hydrogens (tertiary/aromatic N) is 2. The first-order chi connectivity index (χ1) is 12.7. The molecule has 11 heteroatoms. The maximum Gasteiger partial charge on any atom is 0.501 e. The van der Waals surface area contributed by atoms with Gasteiger partial charge < -0.3 is 5.32 Å². The van der Waals surface area contributed by atoms with Crippen LogP contribution in [0.2, 0.25) is 0 Å². The molecule has 0 atom stereocenters. The maximum atomic E-state index is 12.5. The van der Waals surface area contributed by atoms with Crippen molar-refractivity contribution in [2.75, 3.05) is 5.32 Å². The van der Waals surface area contributed by atoms with Gasteiger partial charge in [0.15, 0.2) is 0 Å². The Morgan fingerprint density at radius 2 is 1.63 bits per heavy atom. The highest BCUT2D eigenvalue weighted by Gasteiger charge is 2.46. The van der Waals surface area contributed by atoms with E-state index >= 15 is 0 Å². The van der Waals surface area contributed by atoms with E-state index in [0.29, 0.717) is 11.4 Å². The lowest BCUT2D eigenvalue weighted by molar-refractivity contribution is -0.0436. The van der Waals surface area contributed by atoms with E-state index in [0.717, 1.165) is 29.8 Å². The molecule has 0 bridgehead atoms. The van der Waals surface area contributed by atoms with Crippen molar-refractivity contribution >= 4 is 33.0 Å². The summed E-state index contributed by atoms with van der Waals surface area (Å²) >= 11 is 1.21. The van der Waals surface area contributed by atoms with Crippen LogP contribution in [0.1, 0.15) is 10.4 Å². The first kappa shape index (κ1) is 19.0. The molecular weight excluding hydrogens is 403 g/mol. The number of amides is 1. The van der Waals surface area contributed by atoms with Crippen LogP contribution in [0.15, 0.2) is 58.8 Å². The fourth-order valence-corrected chi connectivity index (χ4v) is 3.36. The lowest BCUT2D eigenvalue weighted by atomic mass is 10.1. The second-order valence-electron chi connectivity index (χ2n) is 5.30. The van der Waals surface area contributed by atoms with Gasteiger partial charge in [-0.15, -0.1) is 5.10 Å². The average molecular weight is 413 g/mol. The third-order valence-electron chi connectivity index (χ3n) is 3.53. The number of hydrogen-bond acceptors (Lipinski definition) is 6. The summed E-state index contributed by atoms with van der Waals surface area (Å²) in [4.78, 5) is 11.3. The van der Waals surface area contributed by atoms with Gasteiger partial charge >= 0.3 is 5.51 Å². The van der Waals surface area contributed by atoms with Crippen molar-refractivity contribution in [3.63, 3.8) is 0 Å². The highest BCUT2D eigenvalue weighted by atomic mass is 32.2. The molecule has 0 aliphatic carbocycles. The molecule has 2 aromatic carbocycles. The minimum absolute atomic E-state index is 0.0175.